The summed E-state index contributed by atoms with van der Waals surface area (Å²) >= 11 is 0. The number of carbonyl (C=O) groups excluding carboxylic acids is 5. The quantitative estimate of drug-likeness (QED) is 0.320. The molecule has 1 spiro atoms. The van der Waals surface area contributed by atoms with Crippen LogP contribution < -0.4 is 10.6 Å². The summed E-state index contributed by atoms with van der Waals surface area (Å²) in [5, 5.41) is 6.03. The van der Waals surface area contributed by atoms with Crippen LogP contribution in [0.1, 0.15) is 74.8 Å². The molecule has 3 aromatic rings. The summed E-state index contributed by atoms with van der Waals surface area (Å²) in [7, 11) is 1.51. The number of hydrogen-bond donors (Lipinski definition) is 3. The van der Waals surface area contributed by atoms with Crippen molar-refractivity contribution in [3.05, 3.63) is 65.6 Å². The van der Waals surface area contributed by atoms with Crippen molar-refractivity contribution in [2.24, 2.45) is 5.92 Å². The van der Waals surface area contributed by atoms with Gasteiger partial charge in [0.15, 0.2) is 0 Å². The van der Waals surface area contributed by atoms with Crippen LogP contribution in [0.3, 0.4) is 0 Å². The van der Waals surface area contributed by atoms with E-state index in [1.54, 1.807) is 36.4 Å². The summed E-state index contributed by atoms with van der Waals surface area (Å²) in [5.74, 6) is -3.41. The SMILES string of the molecule is CC(C)CC(C(=O)N1C[C@]2(CC1C(=O)C(=O)NC1CCCCC1)C(=O)Nc1ccccc12)N(C)C(=O)c1cc2c(F)cccc2[nH]1. The fourth-order valence-corrected chi connectivity index (χ4v) is 7.39. The predicted molar refractivity (Wildman–Crippen MR) is 170 cm³/mol. The molecule has 2 aliphatic heterocycles. The molecule has 0 bridgehead atoms. The van der Waals surface area contributed by atoms with Crippen LogP contribution in [0, 0.1) is 11.7 Å². The van der Waals surface area contributed by atoms with Gasteiger partial charge in [-0.2, -0.15) is 0 Å². The van der Waals surface area contributed by atoms with Gasteiger partial charge in [0, 0.05) is 36.2 Å². The highest BCUT2D eigenvalue weighted by Gasteiger charge is 2.58. The second-order valence-electron chi connectivity index (χ2n) is 13.4. The van der Waals surface area contributed by atoms with Crippen LogP contribution in [-0.4, -0.2) is 75.9 Å². The van der Waals surface area contributed by atoms with Crippen molar-refractivity contribution in [1.29, 1.82) is 0 Å². The number of anilines is 1. The average molecular weight is 630 g/mol. The number of para-hydroxylation sites is 1. The number of carbonyl (C=O) groups is 5. The van der Waals surface area contributed by atoms with Gasteiger partial charge in [-0.25, -0.2) is 4.39 Å². The number of halogens is 1. The van der Waals surface area contributed by atoms with E-state index in [4.69, 9.17) is 0 Å². The van der Waals surface area contributed by atoms with Crippen molar-refractivity contribution < 1.29 is 28.4 Å². The van der Waals surface area contributed by atoms with Gasteiger partial charge in [0.1, 0.15) is 23.6 Å². The normalized spacial score (nSPS) is 21.8. The van der Waals surface area contributed by atoms with E-state index in [9.17, 15) is 28.4 Å². The zero-order valence-electron chi connectivity index (χ0n) is 26.4. The van der Waals surface area contributed by atoms with Gasteiger partial charge < -0.3 is 25.4 Å². The number of rotatable bonds is 8. The first kappa shape index (κ1) is 31.4. The molecule has 10 nitrogen and oxygen atoms in total. The van der Waals surface area contributed by atoms with Crippen molar-refractivity contribution in [2.45, 2.75) is 82.3 Å². The molecular formula is C35H40FN5O5. The maximum atomic E-state index is 14.6. The van der Waals surface area contributed by atoms with E-state index < -0.39 is 46.8 Å². The van der Waals surface area contributed by atoms with E-state index >= 15 is 0 Å². The molecule has 3 aliphatic rings. The van der Waals surface area contributed by atoms with Crippen LogP contribution >= 0.6 is 0 Å². The molecule has 0 radical (unpaired) electrons. The number of ketones is 1. The van der Waals surface area contributed by atoms with Crippen LogP contribution in [0.4, 0.5) is 10.1 Å². The number of Topliss-reactive ketones (excluding diaryl/α,β-unsaturated/α-hetero) is 1. The predicted octanol–water partition coefficient (Wildman–Crippen LogP) is 4.30. The number of nitrogens with one attached hydrogen (secondary N) is 3. The Morgan fingerprint density at radius 1 is 1.07 bits per heavy atom. The van der Waals surface area contributed by atoms with Crippen LogP contribution in [0.5, 0.6) is 0 Å². The first-order valence-corrected chi connectivity index (χ1v) is 16.1. The summed E-state index contributed by atoms with van der Waals surface area (Å²) in [6.07, 6.45) is 4.79. The summed E-state index contributed by atoms with van der Waals surface area (Å²) in [5.41, 5.74) is 0.621. The van der Waals surface area contributed by atoms with Crippen molar-refractivity contribution >= 4 is 46.0 Å². The maximum Gasteiger partial charge on any atom is 0.289 e. The van der Waals surface area contributed by atoms with Gasteiger partial charge in [-0.15, -0.1) is 0 Å². The lowest BCUT2D eigenvalue weighted by molar-refractivity contribution is -0.146. The highest BCUT2D eigenvalue weighted by atomic mass is 19.1. The monoisotopic (exact) mass is 629 g/mol. The largest absolute Gasteiger partial charge is 0.350 e. The standard InChI is InChI=1S/C35H40FN5O5/c1-20(2)16-28(40(3)32(44)27-17-22-24(36)13-9-15-25(22)38-27)33(45)41-19-35(23-12-7-8-14-26(23)39-34(35)46)18-29(41)30(42)31(43)37-21-10-5-4-6-11-21/h7-9,12-15,17,20-21,28-29,38H,4-6,10-11,16,18-19H2,1-3H3,(H,37,43)(H,39,46)/t28?,29?,35-/m0/s1. The third kappa shape index (κ3) is 5.56. The van der Waals surface area contributed by atoms with Gasteiger partial charge in [0.2, 0.25) is 17.6 Å². The van der Waals surface area contributed by atoms with Gasteiger partial charge >= 0.3 is 0 Å². The Kier molecular flexibility index (Phi) is 8.43. The number of benzene rings is 2. The maximum absolute atomic E-state index is 14.6. The van der Waals surface area contributed by atoms with Gasteiger partial charge in [-0.1, -0.05) is 57.4 Å². The van der Waals surface area contributed by atoms with E-state index in [1.165, 1.54) is 29.0 Å². The lowest BCUT2D eigenvalue weighted by atomic mass is 9.79. The number of likely N-dealkylation sites (tertiary alicyclic amines) is 1. The Labute approximate surface area is 267 Å². The number of H-pyrrole nitrogens is 1. The van der Waals surface area contributed by atoms with Crippen LogP contribution in [0.2, 0.25) is 0 Å². The minimum Gasteiger partial charge on any atom is -0.350 e. The highest BCUT2D eigenvalue weighted by molar-refractivity contribution is 6.38. The Hall–Kier alpha value is -4.54. The summed E-state index contributed by atoms with van der Waals surface area (Å²) in [4.78, 5) is 74.9. The molecular weight excluding hydrogens is 589 g/mol. The van der Waals surface area contributed by atoms with E-state index in [0.717, 1.165) is 32.1 Å². The summed E-state index contributed by atoms with van der Waals surface area (Å²) in [6.45, 7) is 3.72. The Balaban J connectivity index is 1.34. The Bertz CT molecular complexity index is 1710. The minimum atomic E-state index is -1.22. The molecule has 4 amide bonds. The number of fused-ring (bicyclic) bond motifs is 3. The zero-order chi connectivity index (χ0) is 32.7. The van der Waals surface area contributed by atoms with Gasteiger partial charge in [0.25, 0.3) is 11.8 Å². The van der Waals surface area contributed by atoms with E-state index in [0.29, 0.717) is 16.8 Å². The molecule has 1 saturated carbocycles. The van der Waals surface area contributed by atoms with E-state index in [2.05, 4.69) is 15.6 Å². The molecule has 3 N–H and O–H groups in total. The van der Waals surface area contributed by atoms with Crippen LogP contribution in [0.15, 0.2) is 48.5 Å². The zero-order valence-corrected chi connectivity index (χ0v) is 26.4. The number of nitrogens with zero attached hydrogens (tertiary/aromatic N) is 2. The van der Waals surface area contributed by atoms with Crippen molar-refractivity contribution in [2.75, 3.05) is 18.9 Å². The number of aromatic nitrogens is 1. The van der Waals surface area contributed by atoms with Gasteiger partial charge in [-0.3, -0.25) is 24.0 Å². The third-order valence-corrected chi connectivity index (χ3v) is 9.84. The summed E-state index contributed by atoms with van der Waals surface area (Å²) < 4.78 is 14.4. The molecule has 242 valence electrons. The number of likely N-dealkylation sites (N-methyl/N-ethyl adjacent to an activating group) is 1. The number of hydrogen-bond acceptors (Lipinski definition) is 5. The second kappa shape index (κ2) is 12.3. The molecule has 6 rings (SSSR count). The van der Waals surface area contributed by atoms with Crippen molar-refractivity contribution in [1.82, 2.24) is 20.1 Å². The first-order valence-electron chi connectivity index (χ1n) is 16.1. The summed E-state index contributed by atoms with van der Waals surface area (Å²) in [6, 6.07) is 10.8. The smallest absolute Gasteiger partial charge is 0.289 e. The Morgan fingerprint density at radius 3 is 2.52 bits per heavy atom. The molecule has 3 heterocycles. The highest BCUT2D eigenvalue weighted by Crippen LogP contribution is 2.47. The fourth-order valence-electron chi connectivity index (χ4n) is 7.39. The lowest BCUT2D eigenvalue weighted by Crippen LogP contribution is -2.55. The molecule has 46 heavy (non-hydrogen) atoms. The van der Waals surface area contributed by atoms with Crippen LogP contribution in [0.25, 0.3) is 10.9 Å². The Morgan fingerprint density at radius 2 is 1.80 bits per heavy atom. The number of amides is 4. The lowest BCUT2D eigenvalue weighted by Gasteiger charge is -2.34. The minimum absolute atomic E-state index is 0.0276. The van der Waals surface area contributed by atoms with E-state index in [-0.39, 0.29) is 48.3 Å². The van der Waals surface area contributed by atoms with Crippen molar-refractivity contribution in [3.63, 3.8) is 0 Å². The molecule has 2 unspecified atom stereocenters. The molecule has 1 saturated heterocycles. The molecule has 1 aliphatic carbocycles. The fraction of sp³-hybridized carbons (Fsp3) is 0.457. The second-order valence-corrected chi connectivity index (χ2v) is 13.4. The first-order chi connectivity index (χ1) is 22.0. The molecule has 11 heteroatoms. The molecule has 3 atom stereocenters. The average Bonchev–Trinajstić information content (AvgIpc) is 3.74. The number of aromatic amines is 1. The van der Waals surface area contributed by atoms with Gasteiger partial charge in [-0.05, 0) is 61.4 Å². The molecule has 2 fully saturated rings. The van der Waals surface area contributed by atoms with Gasteiger partial charge in [0.05, 0.1) is 5.41 Å². The van der Waals surface area contributed by atoms with Crippen molar-refractivity contribution in [3.8, 4) is 0 Å². The topological polar surface area (TPSA) is 132 Å². The van der Waals surface area contributed by atoms with E-state index in [1.807, 2.05) is 13.8 Å². The molecule has 2 aromatic carbocycles. The third-order valence-electron chi connectivity index (χ3n) is 9.84. The van der Waals surface area contributed by atoms with Crippen LogP contribution in [-0.2, 0) is 24.6 Å². The molecule has 1 aromatic heterocycles.